The van der Waals surface area contributed by atoms with Gasteiger partial charge < -0.3 is 9.26 Å². The topological polar surface area (TPSA) is 48.2 Å². The van der Waals surface area contributed by atoms with E-state index in [9.17, 15) is 8.78 Å². The van der Waals surface area contributed by atoms with Crippen LogP contribution in [0.1, 0.15) is 57.7 Å². The predicted octanol–water partition coefficient (Wildman–Crippen LogP) is 3.49. The van der Waals surface area contributed by atoms with Gasteiger partial charge in [-0.15, -0.1) is 0 Å². The number of ether oxygens (including phenoxy) is 1. The van der Waals surface area contributed by atoms with Crippen LogP contribution in [-0.2, 0) is 11.3 Å². The van der Waals surface area contributed by atoms with Gasteiger partial charge in [0.2, 0.25) is 5.89 Å². The van der Waals surface area contributed by atoms with Gasteiger partial charge in [0.1, 0.15) is 6.61 Å². The van der Waals surface area contributed by atoms with Gasteiger partial charge in [-0.2, -0.15) is 13.8 Å². The Bertz CT molecular complexity index is 408. The first-order chi connectivity index (χ1) is 8.29. The smallest absolute Gasteiger partial charge is 0.339 e. The van der Waals surface area contributed by atoms with Crippen molar-refractivity contribution in [1.29, 1.82) is 0 Å². The highest BCUT2D eigenvalue weighted by Crippen LogP contribution is 2.38. The van der Waals surface area contributed by atoms with Crippen LogP contribution in [0.15, 0.2) is 4.52 Å². The number of hydrogen-bond donors (Lipinski definition) is 0. The van der Waals surface area contributed by atoms with Crippen molar-refractivity contribution in [2.24, 2.45) is 5.41 Å². The third kappa shape index (κ3) is 2.68. The molecule has 0 unspecified atom stereocenters. The van der Waals surface area contributed by atoms with Crippen LogP contribution in [0.5, 0.6) is 0 Å². The molecule has 1 aliphatic rings. The number of aromatic nitrogens is 2. The molecule has 0 amide bonds. The molecule has 0 N–H and O–H groups in total. The zero-order chi connectivity index (χ0) is 13.4. The molecule has 0 saturated heterocycles. The summed E-state index contributed by atoms with van der Waals surface area (Å²) in [5.41, 5.74) is -1.26. The van der Waals surface area contributed by atoms with E-state index in [1.165, 1.54) is 20.8 Å². The van der Waals surface area contributed by atoms with Crippen molar-refractivity contribution in [3.05, 3.63) is 11.7 Å². The van der Waals surface area contributed by atoms with E-state index < -0.39 is 11.5 Å². The minimum atomic E-state index is -3.22. The number of rotatable bonds is 4. The normalized spacial score (nSPS) is 17.8. The molecule has 0 radical (unpaired) electrons. The highest BCUT2D eigenvalue weighted by atomic mass is 19.3. The van der Waals surface area contributed by atoms with Crippen LogP contribution in [0.3, 0.4) is 0 Å². The second kappa shape index (κ2) is 4.57. The number of alkyl halides is 2. The molecule has 0 aliphatic heterocycles. The highest BCUT2D eigenvalue weighted by Gasteiger charge is 2.44. The fourth-order valence-corrected chi connectivity index (χ4v) is 1.52. The van der Waals surface area contributed by atoms with Crippen molar-refractivity contribution in [3.8, 4) is 0 Å². The van der Waals surface area contributed by atoms with E-state index >= 15 is 0 Å². The van der Waals surface area contributed by atoms with E-state index in [4.69, 9.17) is 4.52 Å². The third-order valence-electron chi connectivity index (χ3n) is 3.19. The molecule has 18 heavy (non-hydrogen) atoms. The molecule has 6 heteroatoms. The summed E-state index contributed by atoms with van der Waals surface area (Å²) < 4.78 is 36.7. The Morgan fingerprint density at radius 2 is 2.00 bits per heavy atom. The molecule has 0 aromatic carbocycles. The summed E-state index contributed by atoms with van der Waals surface area (Å²) in [5.74, 6) is 1.02. The Hall–Kier alpha value is -1.04. The van der Waals surface area contributed by atoms with E-state index in [0.717, 1.165) is 19.3 Å². The van der Waals surface area contributed by atoms with Gasteiger partial charge in [0.05, 0.1) is 5.41 Å². The number of halogens is 2. The molecular formula is C12H18F2N2O2. The molecule has 1 saturated carbocycles. The second-order valence-corrected chi connectivity index (χ2v) is 5.73. The average Bonchev–Trinajstić information content (AvgIpc) is 2.59. The summed E-state index contributed by atoms with van der Waals surface area (Å²) in [5, 5.41) is 3.66. The van der Waals surface area contributed by atoms with Crippen LogP contribution < -0.4 is 0 Å². The van der Waals surface area contributed by atoms with Crippen LogP contribution >= 0.6 is 0 Å². The van der Waals surface area contributed by atoms with Crippen LogP contribution in [0.25, 0.3) is 0 Å². The summed E-state index contributed by atoms with van der Waals surface area (Å²) in [7, 11) is 0. The largest absolute Gasteiger partial charge is 0.360 e. The molecule has 1 heterocycles. The van der Waals surface area contributed by atoms with Crippen LogP contribution in [0, 0.1) is 5.41 Å². The van der Waals surface area contributed by atoms with Gasteiger partial charge in [-0.3, -0.25) is 0 Å². The molecule has 2 rings (SSSR count). The lowest BCUT2D eigenvalue weighted by Crippen LogP contribution is -2.36. The molecule has 1 fully saturated rings. The monoisotopic (exact) mass is 260 g/mol. The van der Waals surface area contributed by atoms with Crippen LogP contribution in [0.2, 0.25) is 0 Å². The fourth-order valence-electron chi connectivity index (χ4n) is 1.52. The molecule has 0 bridgehead atoms. The van der Waals surface area contributed by atoms with Crippen molar-refractivity contribution < 1.29 is 18.0 Å². The summed E-state index contributed by atoms with van der Waals surface area (Å²) in [6.45, 7) is 3.93. The SMILES string of the molecule is CC(C)(C)C(F)(F)OCc1noc(C2CCC2)n1. The number of hydrogen-bond acceptors (Lipinski definition) is 4. The Kier molecular flexibility index (Phi) is 3.40. The quantitative estimate of drug-likeness (QED) is 0.831. The fraction of sp³-hybridized carbons (Fsp3) is 0.833. The molecule has 102 valence electrons. The lowest BCUT2D eigenvalue weighted by Gasteiger charge is -2.29. The van der Waals surface area contributed by atoms with Gasteiger partial charge >= 0.3 is 6.11 Å². The van der Waals surface area contributed by atoms with E-state index in [2.05, 4.69) is 14.9 Å². The Morgan fingerprint density at radius 1 is 1.33 bits per heavy atom. The molecule has 1 aromatic heterocycles. The van der Waals surface area contributed by atoms with E-state index in [1.807, 2.05) is 0 Å². The van der Waals surface area contributed by atoms with Gasteiger partial charge in [0.15, 0.2) is 5.82 Å². The van der Waals surface area contributed by atoms with Crippen molar-refractivity contribution >= 4 is 0 Å². The van der Waals surface area contributed by atoms with Crippen LogP contribution in [-0.4, -0.2) is 16.2 Å². The lowest BCUT2D eigenvalue weighted by molar-refractivity contribution is -0.301. The summed E-state index contributed by atoms with van der Waals surface area (Å²) in [6, 6.07) is 0. The first kappa shape index (κ1) is 13.4. The minimum absolute atomic E-state index is 0.181. The summed E-state index contributed by atoms with van der Waals surface area (Å²) in [4.78, 5) is 4.08. The van der Waals surface area contributed by atoms with Crippen molar-refractivity contribution in [2.75, 3.05) is 0 Å². The molecule has 0 spiro atoms. The zero-order valence-corrected chi connectivity index (χ0v) is 10.9. The van der Waals surface area contributed by atoms with Gasteiger partial charge in [-0.1, -0.05) is 32.3 Å². The molecular weight excluding hydrogens is 242 g/mol. The van der Waals surface area contributed by atoms with Crippen LogP contribution in [0.4, 0.5) is 8.78 Å². The van der Waals surface area contributed by atoms with Gasteiger partial charge in [0.25, 0.3) is 0 Å². The minimum Gasteiger partial charge on any atom is -0.339 e. The van der Waals surface area contributed by atoms with Gasteiger partial charge in [-0.25, -0.2) is 0 Å². The van der Waals surface area contributed by atoms with Gasteiger partial charge in [-0.05, 0) is 12.8 Å². The standard InChI is InChI=1S/C12H18F2N2O2/c1-11(2,3)12(13,14)17-7-9-15-10(18-16-9)8-5-4-6-8/h8H,4-7H2,1-3H3. The predicted molar refractivity (Wildman–Crippen MR) is 60.1 cm³/mol. The van der Waals surface area contributed by atoms with E-state index in [-0.39, 0.29) is 12.4 Å². The maximum absolute atomic E-state index is 13.6. The van der Waals surface area contributed by atoms with Crippen molar-refractivity contribution in [1.82, 2.24) is 10.1 Å². The zero-order valence-electron chi connectivity index (χ0n) is 10.9. The Balaban J connectivity index is 1.92. The molecule has 1 aromatic rings. The molecule has 4 nitrogen and oxygen atoms in total. The summed E-state index contributed by atoms with van der Waals surface area (Å²) >= 11 is 0. The van der Waals surface area contributed by atoms with E-state index in [0.29, 0.717) is 11.8 Å². The van der Waals surface area contributed by atoms with Crippen molar-refractivity contribution in [3.63, 3.8) is 0 Å². The maximum atomic E-state index is 13.6. The average molecular weight is 260 g/mol. The lowest BCUT2D eigenvalue weighted by atomic mass is 9.85. The van der Waals surface area contributed by atoms with E-state index in [1.54, 1.807) is 0 Å². The highest BCUT2D eigenvalue weighted by molar-refractivity contribution is 4.97. The summed E-state index contributed by atoms with van der Waals surface area (Å²) in [6.07, 6.45) is -0.00742. The first-order valence-electron chi connectivity index (χ1n) is 6.14. The second-order valence-electron chi connectivity index (χ2n) is 5.73. The Labute approximate surface area is 105 Å². The third-order valence-corrected chi connectivity index (χ3v) is 3.19. The Morgan fingerprint density at radius 3 is 2.50 bits per heavy atom. The maximum Gasteiger partial charge on any atom is 0.360 e. The number of nitrogens with zero attached hydrogens (tertiary/aromatic N) is 2. The van der Waals surface area contributed by atoms with Gasteiger partial charge in [0, 0.05) is 5.92 Å². The molecule has 1 aliphatic carbocycles. The molecule has 0 atom stereocenters. The first-order valence-corrected chi connectivity index (χ1v) is 6.14. The van der Waals surface area contributed by atoms with Crippen molar-refractivity contribution in [2.45, 2.75) is 58.7 Å².